The van der Waals surface area contributed by atoms with Crippen LogP contribution in [-0.2, 0) is 14.8 Å². The molecule has 1 amide bonds. The van der Waals surface area contributed by atoms with Crippen molar-refractivity contribution in [1.29, 1.82) is 0 Å². The molecular formula is C14H11ClF2N2O3S. The number of benzene rings is 2. The van der Waals surface area contributed by atoms with Gasteiger partial charge in [-0.3, -0.25) is 9.10 Å². The highest BCUT2D eigenvalue weighted by atomic mass is 35.5. The lowest BCUT2D eigenvalue weighted by Gasteiger charge is -2.23. The molecular weight excluding hydrogens is 350 g/mol. The third kappa shape index (κ3) is 3.77. The molecule has 0 aliphatic carbocycles. The molecule has 0 atom stereocenters. The maximum absolute atomic E-state index is 13.9. The number of amides is 1. The second-order valence-electron chi connectivity index (χ2n) is 4.53. The molecule has 0 radical (unpaired) electrons. The van der Waals surface area contributed by atoms with Crippen LogP contribution in [0.3, 0.4) is 0 Å². The summed E-state index contributed by atoms with van der Waals surface area (Å²) in [6.07, 6.45) is 0. The summed E-state index contributed by atoms with van der Waals surface area (Å²) in [6, 6.07) is 7.38. The van der Waals surface area contributed by atoms with Gasteiger partial charge in [-0.05, 0) is 36.4 Å². The van der Waals surface area contributed by atoms with Gasteiger partial charge < -0.3 is 5.73 Å². The molecule has 0 saturated heterocycles. The maximum atomic E-state index is 13.9. The fraction of sp³-hybridized carbons (Fsp3) is 0.0714. The molecule has 0 unspecified atom stereocenters. The summed E-state index contributed by atoms with van der Waals surface area (Å²) in [4.78, 5) is 11.0. The Hall–Kier alpha value is -2.19. The van der Waals surface area contributed by atoms with Crippen molar-refractivity contribution in [2.45, 2.75) is 4.90 Å². The van der Waals surface area contributed by atoms with E-state index in [9.17, 15) is 22.0 Å². The molecule has 5 nitrogen and oxygen atoms in total. The number of nitrogens with zero attached hydrogens (tertiary/aromatic N) is 1. The van der Waals surface area contributed by atoms with E-state index in [4.69, 9.17) is 17.3 Å². The molecule has 0 bridgehead atoms. The van der Waals surface area contributed by atoms with Crippen molar-refractivity contribution in [2.24, 2.45) is 5.73 Å². The smallest absolute Gasteiger partial charge is 0.264 e. The van der Waals surface area contributed by atoms with E-state index in [1.54, 1.807) is 0 Å². The number of carbonyl (C=O) groups is 1. The van der Waals surface area contributed by atoms with Crippen LogP contribution in [0.1, 0.15) is 0 Å². The lowest BCUT2D eigenvalue weighted by molar-refractivity contribution is -0.116. The van der Waals surface area contributed by atoms with E-state index in [2.05, 4.69) is 0 Å². The lowest BCUT2D eigenvalue weighted by atomic mass is 10.3. The van der Waals surface area contributed by atoms with E-state index in [1.165, 1.54) is 24.3 Å². The lowest BCUT2D eigenvalue weighted by Crippen LogP contribution is -2.39. The number of hydrogen-bond acceptors (Lipinski definition) is 3. The minimum absolute atomic E-state index is 0.216. The van der Waals surface area contributed by atoms with Crippen LogP contribution in [0.15, 0.2) is 47.4 Å². The van der Waals surface area contributed by atoms with E-state index < -0.39 is 39.8 Å². The Balaban J connectivity index is 2.57. The van der Waals surface area contributed by atoms with Crippen LogP contribution in [0, 0.1) is 11.6 Å². The van der Waals surface area contributed by atoms with Crippen molar-refractivity contribution in [3.8, 4) is 0 Å². The summed E-state index contributed by atoms with van der Waals surface area (Å²) in [5, 5.41) is 0.304. The number of rotatable bonds is 5. The fourth-order valence-electron chi connectivity index (χ4n) is 1.86. The first-order chi connectivity index (χ1) is 10.7. The van der Waals surface area contributed by atoms with E-state index in [0.717, 1.165) is 12.1 Å². The summed E-state index contributed by atoms with van der Waals surface area (Å²) in [5.74, 6) is -3.01. The van der Waals surface area contributed by atoms with Crippen molar-refractivity contribution >= 4 is 33.2 Å². The van der Waals surface area contributed by atoms with Crippen molar-refractivity contribution in [3.05, 3.63) is 59.1 Å². The summed E-state index contributed by atoms with van der Waals surface area (Å²) in [5.41, 5.74) is 4.56. The molecule has 122 valence electrons. The minimum atomic E-state index is -4.29. The fourth-order valence-corrected chi connectivity index (χ4v) is 3.42. The highest BCUT2D eigenvalue weighted by molar-refractivity contribution is 7.92. The monoisotopic (exact) mass is 360 g/mol. The number of anilines is 1. The minimum Gasteiger partial charge on any atom is -0.368 e. The number of sulfonamides is 1. The first-order valence-corrected chi connectivity index (χ1v) is 8.05. The zero-order chi connectivity index (χ0) is 17.2. The van der Waals surface area contributed by atoms with Gasteiger partial charge in [0.05, 0.1) is 10.6 Å². The average molecular weight is 361 g/mol. The molecule has 0 aliphatic heterocycles. The molecule has 2 N–H and O–H groups in total. The average Bonchev–Trinajstić information content (AvgIpc) is 2.45. The quantitative estimate of drug-likeness (QED) is 0.888. The molecule has 2 rings (SSSR count). The number of nitrogens with two attached hydrogens (primary N) is 1. The first-order valence-electron chi connectivity index (χ1n) is 6.23. The molecule has 23 heavy (non-hydrogen) atoms. The van der Waals surface area contributed by atoms with Crippen LogP contribution >= 0.6 is 11.6 Å². The first kappa shape index (κ1) is 17.2. The number of primary amides is 1. The summed E-state index contributed by atoms with van der Waals surface area (Å²) >= 11 is 5.70. The Bertz CT molecular complexity index is 842. The second kappa shape index (κ2) is 6.51. The van der Waals surface area contributed by atoms with Crippen LogP contribution in [-0.4, -0.2) is 20.9 Å². The molecule has 9 heteroatoms. The van der Waals surface area contributed by atoms with Gasteiger partial charge >= 0.3 is 0 Å². The zero-order valence-electron chi connectivity index (χ0n) is 11.5. The number of carbonyl (C=O) groups excluding carboxylic acids is 1. The van der Waals surface area contributed by atoms with Crippen LogP contribution in [0.5, 0.6) is 0 Å². The highest BCUT2D eigenvalue weighted by Gasteiger charge is 2.28. The molecule has 2 aromatic carbocycles. The normalized spacial score (nSPS) is 11.3. The van der Waals surface area contributed by atoms with Gasteiger partial charge in [-0.15, -0.1) is 0 Å². The predicted octanol–water partition coefficient (Wildman–Crippen LogP) is 2.30. The predicted molar refractivity (Wildman–Crippen MR) is 81.5 cm³/mol. The largest absolute Gasteiger partial charge is 0.368 e. The van der Waals surface area contributed by atoms with E-state index >= 15 is 0 Å². The second-order valence-corrected chi connectivity index (χ2v) is 6.83. The van der Waals surface area contributed by atoms with Gasteiger partial charge in [0.25, 0.3) is 10.0 Å². The van der Waals surface area contributed by atoms with Crippen LogP contribution in [0.25, 0.3) is 0 Å². The van der Waals surface area contributed by atoms with Crippen molar-refractivity contribution in [2.75, 3.05) is 10.8 Å². The van der Waals surface area contributed by atoms with Gasteiger partial charge in [-0.1, -0.05) is 11.6 Å². The summed E-state index contributed by atoms with van der Waals surface area (Å²) < 4.78 is 52.7. The van der Waals surface area contributed by atoms with Gasteiger partial charge in [0, 0.05) is 11.1 Å². The molecule has 0 saturated carbocycles. The SMILES string of the molecule is NC(=O)CN(c1ccc(F)cc1F)S(=O)(=O)c1ccc(Cl)cc1. The Morgan fingerprint density at radius 1 is 1.13 bits per heavy atom. The Labute approximate surface area is 136 Å². The standard InChI is InChI=1S/C14H11ClF2N2O3S/c15-9-1-4-11(5-2-9)23(21,22)19(8-14(18)20)13-6-3-10(16)7-12(13)17/h1-7H,8H2,(H2,18,20). The van der Waals surface area contributed by atoms with Crippen LogP contribution < -0.4 is 10.0 Å². The highest BCUT2D eigenvalue weighted by Crippen LogP contribution is 2.27. The molecule has 0 aliphatic rings. The molecule has 2 aromatic rings. The van der Waals surface area contributed by atoms with Gasteiger partial charge in [0.1, 0.15) is 18.2 Å². The van der Waals surface area contributed by atoms with Gasteiger partial charge in [0.2, 0.25) is 5.91 Å². The van der Waals surface area contributed by atoms with E-state index in [1.807, 2.05) is 0 Å². The van der Waals surface area contributed by atoms with Crippen molar-refractivity contribution in [1.82, 2.24) is 0 Å². The van der Waals surface area contributed by atoms with Gasteiger partial charge in [-0.2, -0.15) is 0 Å². The Morgan fingerprint density at radius 3 is 2.26 bits per heavy atom. The molecule has 0 spiro atoms. The number of halogens is 3. The number of hydrogen-bond donors (Lipinski definition) is 1. The topological polar surface area (TPSA) is 80.5 Å². The zero-order valence-corrected chi connectivity index (χ0v) is 13.1. The maximum Gasteiger partial charge on any atom is 0.264 e. The summed E-state index contributed by atoms with van der Waals surface area (Å²) in [7, 11) is -4.29. The van der Waals surface area contributed by atoms with Gasteiger partial charge in [-0.25, -0.2) is 17.2 Å². The van der Waals surface area contributed by atoms with Gasteiger partial charge in [0.15, 0.2) is 0 Å². The Kier molecular flexibility index (Phi) is 4.86. The Morgan fingerprint density at radius 2 is 1.74 bits per heavy atom. The third-order valence-electron chi connectivity index (χ3n) is 2.88. The van der Waals surface area contributed by atoms with E-state index in [-0.39, 0.29) is 4.90 Å². The van der Waals surface area contributed by atoms with Crippen LogP contribution in [0.2, 0.25) is 5.02 Å². The molecule has 0 heterocycles. The molecule has 0 fully saturated rings. The third-order valence-corrected chi connectivity index (χ3v) is 4.91. The van der Waals surface area contributed by atoms with Crippen LogP contribution in [0.4, 0.5) is 14.5 Å². The van der Waals surface area contributed by atoms with Crippen molar-refractivity contribution in [3.63, 3.8) is 0 Å². The summed E-state index contributed by atoms with van der Waals surface area (Å²) in [6.45, 7) is -0.798. The molecule has 0 aromatic heterocycles. The van der Waals surface area contributed by atoms with E-state index in [0.29, 0.717) is 15.4 Å². The van der Waals surface area contributed by atoms with Crippen molar-refractivity contribution < 1.29 is 22.0 Å².